The van der Waals surface area contributed by atoms with Gasteiger partial charge in [0.25, 0.3) is 0 Å². The number of anilines is 1. The van der Waals surface area contributed by atoms with E-state index in [2.05, 4.69) is 102 Å². The number of aromatic nitrogens is 1. The number of esters is 2. The maximum absolute atomic E-state index is 12.7. The Kier molecular flexibility index (Phi) is 14.4. The Morgan fingerprint density at radius 2 is 1.84 bits per heavy atom. The van der Waals surface area contributed by atoms with Crippen LogP contribution in [0.15, 0.2) is 65.1 Å². The first-order valence-corrected chi connectivity index (χ1v) is 22.5. The van der Waals surface area contributed by atoms with E-state index in [1.54, 1.807) is 7.11 Å². The highest BCUT2D eigenvalue weighted by molar-refractivity contribution is 7.99. The molecule has 4 aliphatic heterocycles. The summed E-state index contributed by atoms with van der Waals surface area (Å²) in [4.78, 5) is 36.6. The Labute approximate surface area is 350 Å². The van der Waals surface area contributed by atoms with E-state index in [0.29, 0.717) is 6.04 Å². The number of unbranched alkanes of at least 4 members (excludes halogenated alkanes) is 1. The lowest BCUT2D eigenvalue weighted by atomic mass is 9.58. The number of allylic oxidation sites excluding steroid dienone is 1. The number of hydrogen-bond acceptors (Lipinski definition) is 10. The molecule has 2 fully saturated rings. The minimum atomic E-state index is -0.304. The fraction of sp³-hybridized carbons (Fsp3) is 0.574. The van der Waals surface area contributed by atoms with Crippen LogP contribution in [0.1, 0.15) is 95.9 Å². The van der Waals surface area contributed by atoms with E-state index in [9.17, 15) is 9.59 Å². The van der Waals surface area contributed by atoms with Gasteiger partial charge in [-0.05, 0) is 86.8 Å². The quantitative estimate of drug-likeness (QED) is 0.1000. The van der Waals surface area contributed by atoms with Gasteiger partial charge in [0.1, 0.15) is 11.9 Å². The molecule has 2 aromatic carbocycles. The van der Waals surface area contributed by atoms with Gasteiger partial charge in [0.05, 0.1) is 32.2 Å². The molecule has 0 bridgehead atoms. The summed E-state index contributed by atoms with van der Waals surface area (Å²) in [5.74, 6) is 1.47. The van der Waals surface area contributed by atoms with Crippen molar-refractivity contribution < 1.29 is 23.8 Å². The predicted octanol–water partition coefficient (Wildman–Crippen LogP) is 8.19. The number of carbonyl (C=O) groups excluding carboxylic acids is 2. The first-order valence-electron chi connectivity index (χ1n) is 21.5. The van der Waals surface area contributed by atoms with Gasteiger partial charge >= 0.3 is 11.9 Å². The van der Waals surface area contributed by atoms with E-state index in [-0.39, 0.29) is 47.4 Å². The number of hydrogen-bond donors (Lipinski definition) is 2. The molecule has 5 heterocycles. The summed E-state index contributed by atoms with van der Waals surface area (Å²) in [6.45, 7) is 13.7. The molecule has 58 heavy (non-hydrogen) atoms. The number of H-pyrrole nitrogens is 1. The topological polar surface area (TPSA) is 113 Å². The number of fused-ring (bicyclic) bond motifs is 4. The highest BCUT2D eigenvalue weighted by atomic mass is 32.2. The molecule has 7 atom stereocenters. The van der Waals surface area contributed by atoms with Crippen molar-refractivity contribution in [1.29, 1.82) is 0 Å². The van der Waals surface area contributed by atoms with Crippen LogP contribution in [-0.4, -0.2) is 105 Å². The molecular weight excluding hydrogens is 747 g/mol. The summed E-state index contributed by atoms with van der Waals surface area (Å²) in [7, 11) is 7.47. The maximum Gasteiger partial charge on any atom is 0.314 e. The van der Waals surface area contributed by atoms with Crippen molar-refractivity contribution in [3.05, 3.63) is 77.0 Å². The molecule has 1 saturated carbocycles. The number of ether oxygens (including phenoxy) is 3. The van der Waals surface area contributed by atoms with Gasteiger partial charge < -0.3 is 29.8 Å². The van der Waals surface area contributed by atoms with Crippen molar-refractivity contribution >= 4 is 40.3 Å². The number of nitrogens with two attached hydrogens (primary N) is 1. The minimum Gasteiger partial charge on any atom is -0.497 e. The van der Waals surface area contributed by atoms with E-state index in [1.165, 1.54) is 59.5 Å². The first-order chi connectivity index (χ1) is 28.1. The fourth-order valence-electron chi connectivity index (χ4n) is 10.6. The number of nitrogens with one attached hydrogen (secondary N) is 1. The molecule has 3 N–H and O–H groups in total. The molecule has 1 aliphatic carbocycles. The number of nitrogens with zero attached hydrogens (tertiary/aromatic N) is 3. The number of rotatable bonds is 8. The van der Waals surface area contributed by atoms with E-state index in [4.69, 9.17) is 19.9 Å². The standard InChI is InChI=1S/C24H34N2O2S.C21H27N3O3.C2H6/c1-5-7-13-29-18-11-12-22-20(14-18)21-16-26(3)15-17(6-2)9-8-10-19(23(21)25-22)24(27)28-4;1-12(25)27-18-14-5-4-9-24-10-8-21(19(14)24)15-7-6-13(26-3)11-16(15)23(2)20(21)17(18)22;1-2/h9,11-12,14,19,25H,5-8,10,13,15-16H2,1-4H3;4-7,11,14,17-20H,8-10,22H2,1-3H3;1-2H3/b17-9-;;/t;14?,17?,18?,19?,20?,21-;/m.1./s1. The van der Waals surface area contributed by atoms with Crippen molar-refractivity contribution in [2.24, 2.45) is 11.7 Å². The lowest BCUT2D eigenvalue weighted by Gasteiger charge is -2.55. The number of thioether (sulfide) groups is 1. The van der Waals surface area contributed by atoms with Crippen LogP contribution in [-0.2, 0) is 31.0 Å². The van der Waals surface area contributed by atoms with Gasteiger partial charge in [-0.25, -0.2) is 0 Å². The molecule has 5 aliphatic rings. The Bertz CT molecular complexity index is 1980. The second kappa shape index (κ2) is 19.1. The summed E-state index contributed by atoms with van der Waals surface area (Å²) in [6, 6.07) is 13.2. The third kappa shape index (κ3) is 8.21. The van der Waals surface area contributed by atoms with Gasteiger partial charge in [0.15, 0.2) is 0 Å². The summed E-state index contributed by atoms with van der Waals surface area (Å²) in [6.07, 6.45) is 12.7. The summed E-state index contributed by atoms with van der Waals surface area (Å²) < 4.78 is 16.5. The molecular formula is C47H67N5O5S. The van der Waals surface area contributed by atoms with Crippen LogP contribution in [0, 0.1) is 5.92 Å². The molecule has 10 nitrogen and oxygen atoms in total. The van der Waals surface area contributed by atoms with Crippen molar-refractivity contribution in [3.8, 4) is 5.75 Å². The third-order valence-electron chi connectivity index (χ3n) is 13.0. The SMILES string of the molecule is CC.CCCCSc1ccc2[nH]c3c(c2c1)CN(C)C/C(CC)=C\CCC3C(=O)OC.COc1ccc2c(c1)N(C)C1C(N)C(OC(C)=O)C3C=CCN4CC[C@]21C34. The summed E-state index contributed by atoms with van der Waals surface area (Å²) in [5, 5.41) is 1.24. The molecule has 0 amide bonds. The number of benzene rings is 2. The zero-order valence-electron chi connectivity index (χ0n) is 36.3. The molecule has 3 aromatic rings. The maximum atomic E-state index is 12.7. The molecule has 316 valence electrons. The van der Waals surface area contributed by atoms with Crippen molar-refractivity contribution in [1.82, 2.24) is 14.8 Å². The van der Waals surface area contributed by atoms with E-state index in [0.717, 1.165) is 74.6 Å². The van der Waals surface area contributed by atoms with E-state index < -0.39 is 0 Å². The number of likely N-dealkylation sites (N-methyl/N-ethyl adjacent to an activating group) is 2. The van der Waals surface area contributed by atoms with E-state index >= 15 is 0 Å². The Morgan fingerprint density at radius 1 is 1.05 bits per heavy atom. The zero-order chi connectivity index (χ0) is 41.7. The van der Waals surface area contributed by atoms with Crippen LogP contribution in [0.3, 0.4) is 0 Å². The highest BCUT2D eigenvalue weighted by Gasteiger charge is 2.68. The molecule has 6 unspecified atom stereocenters. The monoisotopic (exact) mass is 813 g/mol. The van der Waals surface area contributed by atoms with Crippen LogP contribution in [0.2, 0.25) is 0 Å². The van der Waals surface area contributed by atoms with Gasteiger partial charge in [0, 0.05) is 84.2 Å². The normalized spacial score (nSPS) is 28.3. The smallest absolute Gasteiger partial charge is 0.314 e. The Balaban J connectivity index is 0.000000188. The largest absolute Gasteiger partial charge is 0.497 e. The molecule has 1 saturated heterocycles. The first kappa shape index (κ1) is 43.8. The third-order valence-corrected chi connectivity index (χ3v) is 14.1. The number of methoxy groups -OCH3 is 2. The van der Waals surface area contributed by atoms with Gasteiger partial charge in [0.2, 0.25) is 0 Å². The molecule has 11 heteroatoms. The number of aromatic amines is 1. The number of carbonyl (C=O) groups is 2. The van der Waals surface area contributed by atoms with E-state index in [1.807, 2.05) is 25.6 Å². The van der Waals surface area contributed by atoms with Gasteiger partial charge in [-0.2, -0.15) is 0 Å². The average molecular weight is 814 g/mol. The summed E-state index contributed by atoms with van der Waals surface area (Å²) >= 11 is 1.92. The second-order valence-corrected chi connectivity index (χ2v) is 17.5. The zero-order valence-corrected chi connectivity index (χ0v) is 37.1. The average Bonchev–Trinajstić information content (AvgIpc) is 3.87. The van der Waals surface area contributed by atoms with Crippen LogP contribution in [0.25, 0.3) is 10.9 Å². The van der Waals surface area contributed by atoms with Crippen molar-refractivity contribution in [2.45, 2.75) is 120 Å². The van der Waals surface area contributed by atoms with Crippen LogP contribution < -0.4 is 15.4 Å². The van der Waals surface area contributed by atoms with Crippen LogP contribution in [0.4, 0.5) is 5.69 Å². The van der Waals surface area contributed by atoms with Gasteiger partial charge in [-0.3, -0.25) is 19.4 Å². The van der Waals surface area contributed by atoms with Crippen molar-refractivity contribution in [2.75, 3.05) is 58.6 Å². The van der Waals surface area contributed by atoms with Crippen molar-refractivity contribution in [3.63, 3.8) is 0 Å². The van der Waals surface area contributed by atoms with Gasteiger partial charge in [-0.1, -0.05) is 64.0 Å². The lowest BCUT2D eigenvalue weighted by Crippen LogP contribution is -2.72. The van der Waals surface area contributed by atoms with Crippen LogP contribution >= 0.6 is 11.8 Å². The fourth-order valence-corrected chi connectivity index (χ4v) is 11.6. The molecule has 8 rings (SSSR count). The molecule has 1 aromatic heterocycles. The molecule has 1 spiro atoms. The Hall–Kier alpha value is -3.77. The molecule has 0 radical (unpaired) electrons. The van der Waals surface area contributed by atoms with Crippen LogP contribution in [0.5, 0.6) is 5.75 Å². The second-order valence-electron chi connectivity index (χ2n) is 16.3. The lowest BCUT2D eigenvalue weighted by molar-refractivity contribution is -0.154. The van der Waals surface area contributed by atoms with Gasteiger partial charge in [-0.15, -0.1) is 11.8 Å². The summed E-state index contributed by atoms with van der Waals surface area (Å²) in [5.41, 5.74) is 14.2. The highest BCUT2D eigenvalue weighted by Crippen LogP contribution is 2.60. The minimum absolute atomic E-state index is 0.0398. The Morgan fingerprint density at radius 3 is 2.55 bits per heavy atom. The predicted molar refractivity (Wildman–Crippen MR) is 237 cm³/mol.